The molecule has 1 atom stereocenters. The first-order valence-electron chi connectivity index (χ1n) is 8.54. The maximum atomic E-state index is 5.62. The number of nitrogens with zero attached hydrogens (tertiary/aromatic N) is 2. The molecule has 0 aromatic heterocycles. The number of guanidine groups is 1. The van der Waals surface area contributed by atoms with Crippen LogP contribution in [-0.4, -0.2) is 58.4 Å². The van der Waals surface area contributed by atoms with Crippen LogP contribution in [0, 0.1) is 5.41 Å². The number of ether oxygens (including phenoxy) is 3. The van der Waals surface area contributed by atoms with Crippen molar-refractivity contribution in [1.82, 2.24) is 10.2 Å². The lowest BCUT2D eigenvalue weighted by atomic mass is 9.87. The first-order valence-corrected chi connectivity index (χ1v) is 9.34. The van der Waals surface area contributed by atoms with Crippen molar-refractivity contribution in [3.8, 4) is 11.5 Å². The smallest absolute Gasteiger partial charge is 0.193 e. The van der Waals surface area contributed by atoms with E-state index in [0.717, 1.165) is 54.5 Å². The molecule has 26 heavy (non-hydrogen) atoms. The molecule has 8 heteroatoms. The van der Waals surface area contributed by atoms with Crippen LogP contribution in [0.4, 0.5) is 0 Å². The standard InChI is InChI=1S/C18H26BrN3O3.HI/c1-20-17(22-6-4-18(11-22)5-7-25-12-18)21-10-13-8-15(23-2)16(24-3)9-14(13)19;/h8-9H,4-7,10-12H2,1-3H3,(H,20,21);1H. The predicted octanol–water partition coefficient (Wildman–Crippen LogP) is 3.27. The van der Waals surface area contributed by atoms with Crippen LogP contribution in [-0.2, 0) is 11.3 Å². The van der Waals surface area contributed by atoms with Gasteiger partial charge in [0.15, 0.2) is 17.5 Å². The molecular formula is C18H27BrIN3O3. The molecule has 2 fully saturated rings. The third-order valence-corrected chi connectivity index (χ3v) is 5.86. The average molecular weight is 540 g/mol. The van der Waals surface area contributed by atoms with Gasteiger partial charge >= 0.3 is 0 Å². The molecule has 3 rings (SSSR count). The van der Waals surface area contributed by atoms with Crippen LogP contribution in [0.5, 0.6) is 11.5 Å². The minimum Gasteiger partial charge on any atom is -0.493 e. The number of likely N-dealkylation sites (tertiary alicyclic amines) is 1. The summed E-state index contributed by atoms with van der Waals surface area (Å²) in [5.74, 6) is 2.37. The number of rotatable bonds is 4. The summed E-state index contributed by atoms with van der Waals surface area (Å²) in [6.07, 6.45) is 2.33. The van der Waals surface area contributed by atoms with E-state index in [2.05, 4.69) is 31.1 Å². The molecule has 1 spiro atoms. The molecule has 2 heterocycles. The quantitative estimate of drug-likeness (QED) is 0.361. The van der Waals surface area contributed by atoms with E-state index in [-0.39, 0.29) is 24.0 Å². The highest BCUT2D eigenvalue weighted by Gasteiger charge is 2.42. The van der Waals surface area contributed by atoms with E-state index in [1.54, 1.807) is 14.2 Å². The van der Waals surface area contributed by atoms with Crippen molar-refractivity contribution in [3.05, 3.63) is 22.2 Å². The van der Waals surface area contributed by atoms with Crippen LogP contribution in [0.3, 0.4) is 0 Å². The molecule has 2 aliphatic heterocycles. The van der Waals surface area contributed by atoms with Gasteiger partial charge in [-0.1, -0.05) is 15.9 Å². The highest BCUT2D eigenvalue weighted by Crippen LogP contribution is 2.38. The molecular weight excluding hydrogens is 513 g/mol. The number of benzene rings is 1. The Kier molecular flexibility index (Phi) is 7.84. The van der Waals surface area contributed by atoms with Crippen LogP contribution in [0.2, 0.25) is 0 Å². The lowest BCUT2D eigenvalue weighted by Gasteiger charge is -2.25. The molecule has 146 valence electrons. The second kappa shape index (κ2) is 9.45. The van der Waals surface area contributed by atoms with Crippen LogP contribution in [0.15, 0.2) is 21.6 Å². The van der Waals surface area contributed by atoms with Crippen molar-refractivity contribution < 1.29 is 14.2 Å². The van der Waals surface area contributed by atoms with E-state index in [4.69, 9.17) is 14.2 Å². The van der Waals surface area contributed by atoms with Gasteiger partial charge in [-0.15, -0.1) is 24.0 Å². The highest BCUT2D eigenvalue weighted by atomic mass is 127. The van der Waals surface area contributed by atoms with Gasteiger partial charge in [-0.05, 0) is 30.5 Å². The zero-order chi connectivity index (χ0) is 17.9. The fourth-order valence-electron chi connectivity index (χ4n) is 3.63. The normalized spacial score (nSPS) is 22.5. The van der Waals surface area contributed by atoms with Crippen molar-refractivity contribution in [2.45, 2.75) is 19.4 Å². The first kappa shape index (κ1) is 21.6. The predicted molar refractivity (Wildman–Crippen MR) is 117 cm³/mol. The van der Waals surface area contributed by atoms with Crippen molar-refractivity contribution in [3.63, 3.8) is 0 Å². The Morgan fingerprint density at radius 1 is 1.31 bits per heavy atom. The van der Waals surface area contributed by atoms with E-state index in [1.165, 1.54) is 6.42 Å². The van der Waals surface area contributed by atoms with Crippen molar-refractivity contribution in [2.24, 2.45) is 10.4 Å². The number of hydrogen-bond donors (Lipinski definition) is 1. The molecule has 0 saturated carbocycles. The number of nitrogens with one attached hydrogen (secondary N) is 1. The third-order valence-electron chi connectivity index (χ3n) is 5.12. The second-order valence-corrected chi connectivity index (χ2v) is 7.53. The summed E-state index contributed by atoms with van der Waals surface area (Å²) < 4.78 is 17.3. The van der Waals surface area contributed by atoms with Crippen molar-refractivity contribution in [1.29, 1.82) is 0 Å². The molecule has 1 aromatic rings. The lowest BCUT2D eigenvalue weighted by Crippen LogP contribution is -2.41. The molecule has 6 nitrogen and oxygen atoms in total. The zero-order valence-corrected chi connectivity index (χ0v) is 19.4. The van der Waals surface area contributed by atoms with Gasteiger partial charge in [0.1, 0.15) is 0 Å². The van der Waals surface area contributed by atoms with Crippen molar-refractivity contribution in [2.75, 3.05) is 47.6 Å². The third kappa shape index (κ3) is 4.56. The first-order chi connectivity index (χ1) is 12.1. The Balaban J connectivity index is 0.00000243. The molecule has 0 aliphatic carbocycles. The zero-order valence-electron chi connectivity index (χ0n) is 15.5. The molecule has 0 bridgehead atoms. The Labute approximate surface area is 180 Å². The molecule has 2 saturated heterocycles. The Hall–Kier alpha value is -0.740. The number of aliphatic imine (C=N–C) groups is 1. The summed E-state index contributed by atoms with van der Waals surface area (Å²) in [4.78, 5) is 6.80. The Morgan fingerprint density at radius 2 is 2.04 bits per heavy atom. The van der Waals surface area contributed by atoms with Gasteiger partial charge in [0, 0.05) is 43.2 Å². The highest BCUT2D eigenvalue weighted by molar-refractivity contribution is 14.0. The Bertz CT molecular complexity index is 651. The average Bonchev–Trinajstić information content (AvgIpc) is 3.26. The molecule has 0 radical (unpaired) electrons. The summed E-state index contributed by atoms with van der Waals surface area (Å²) in [6.45, 7) is 4.46. The Morgan fingerprint density at radius 3 is 2.65 bits per heavy atom. The van der Waals surface area contributed by atoms with Gasteiger partial charge in [-0.3, -0.25) is 4.99 Å². The van der Waals surface area contributed by atoms with Gasteiger partial charge in [0.2, 0.25) is 0 Å². The fourth-order valence-corrected chi connectivity index (χ4v) is 4.09. The molecule has 1 N–H and O–H groups in total. The minimum atomic E-state index is 0. The minimum absolute atomic E-state index is 0. The van der Waals surface area contributed by atoms with E-state index in [9.17, 15) is 0 Å². The molecule has 1 aromatic carbocycles. The fraction of sp³-hybridized carbons (Fsp3) is 0.611. The van der Waals surface area contributed by atoms with E-state index >= 15 is 0 Å². The second-order valence-electron chi connectivity index (χ2n) is 6.67. The summed E-state index contributed by atoms with van der Waals surface area (Å²) in [5.41, 5.74) is 1.42. The summed E-state index contributed by atoms with van der Waals surface area (Å²) >= 11 is 3.61. The summed E-state index contributed by atoms with van der Waals surface area (Å²) in [7, 11) is 5.12. The van der Waals surface area contributed by atoms with Crippen LogP contribution < -0.4 is 14.8 Å². The van der Waals surface area contributed by atoms with Crippen molar-refractivity contribution >= 4 is 45.9 Å². The SMILES string of the molecule is CN=C(NCc1cc(OC)c(OC)cc1Br)N1CCC2(CCOC2)C1.I. The van der Waals surface area contributed by atoms with Crippen LogP contribution in [0.1, 0.15) is 18.4 Å². The summed E-state index contributed by atoms with van der Waals surface area (Å²) in [6, 6.07) is 3.92. The topological polar surface area (TPSA) is 55.3 Å². The van der Waals surface area contributed by atoms with Gasteiger partial charge in [0.25, 0.3) is 0 Å². The summed E-state index contributed by atoms with van der Waals surface area (Å²) in [5, 5.41) is 3.47. The van der Waals surface area contributed by atoms with Gasteiger partial charge < -0.3 is 24.4 Å². The molecule has 2 aliphatic rings. The lowest BCUT2D eigenvalue weighted by molar-refractivity contribution is 0.156. The van der Waals surface area contributed by atoms with Gasteiger partial charge in [0.05, 0.1) is 20.8 Å². The van der Waals surface area contributed by atoms with Gasteiger partial charge in [-0.25, -0.2) is 0 Å². The molecule has 1 unspecified atom stereocenters. The maximum Gasteiger partial charge on any atom is 0.193 e. The number of methoxy groups -OCH3 is 2. The van der Waals surface area contributed by atoms with Crippen LogP contribution >= 0.6 is 39.9 Å². The number of hydrogen-bond acceptors (Lipinski definition) is 4. The van der Waals surface area contributed by atoms with Crippen LogP contribution in [0.25, 0.3) is 0 Å². The van der Waals surface area contributed by atoms with E-state index in [0.29, 0.717) is 17.7 Å². The largest absolute Gasteiger partial charge is 0.493 e. The van der Waals surface area contributed by atoms with E-state index < -0.39 is 0 Å². The number of halogens is 2. The maximum absolute atomic E-state index is 5.62. The van der Waals surface area contributed by atoms with Gasteiger partial charge in [-0.2, -0.15) is 0 Å². The van der Waals surface area contributed by atoms with E-state index in [1.807, 2.05) is 19.2 Å². The molecule has 0 amide bonds. The monoisotopic (exact) mass is 539 g/mol.